The van der Waals surface area contributed by atoms with Crippen LogP contribution in [-0.4, -0.2) is 79.1 Å². The number of benzene rings is 3. The topological polar surface area (TPSA) is 88.9 Å². The zero-order chi connectivity index (χ0) is 28.6. The average molecular weight is 546 g/mol. The first-order valence-electron chi connectivity index (χ1n) is 12.7. The van der Waals surface area contributed by atoms with Gasteiger partial charge in [-0.15, -0.1) is 0 Å². The summed E-state index contributed by atoms with van der Waals surface area (Å²) in [4.78, 5) is 34.4. The van der Waals surface area contributed by atoms with Gasteiger partial charge in [0, 0.05) is 30.9 Å². The fourth-order valence-corrected chi connectivity index (χ4v) is 4.10. The number of hydrogen-bond acceptors (Lipinski definition) is 6. The van der Waals surface area contributed by atoms with Gasteiger partial charge in [-0.25, -0.2) is 9.37 Å². The fourth-order valence-electron chi connectivity index (χ4n) is 4.10. The van der Waals surface area contributed by atoms with E-state index in [1.807, 2.05) is 55.4 Å². The number of carbonyl (C=O) groups excluding carboxylic acids is 2. The molecular formula is C30H32FN5O4. The van der Waals surface area contributed by atoms with Gasteiger partial charge in [0.2, 0.25) is 11.9 Å². The van der Waals surface area contributed by atoms with Gasteiger partial charge in [0.25, 0.3) is 5.91 Å². The minimum absolute atomic E-state index is 0.0905. The second-order valence-corrected chi connectivity index (χ2v) is 9.28. The Morgan fingerprint density at radius 1 is 0.925 bits per heavy atom. The van der Waals surface area contributed by atoms with Crippen molar-refractivity contribution in [3.05, 3.63) is 90.4 Å². The third-order valence-corrected chi connectivity index (χ3v) is 6.22. The molecule has 10 heteroatoms. The number of hydrogen-bond donors (Lipinski definition) is 1. The van der Waals surface area contributed by atoms with Gasteiger partial charge in [-0.3, -0.25) is 19.5 Å². The normalized spacial score (nSPS) is 10.8. The third-order valence-electron chi connectivity index (χ3n) is 6.22. The summed E-state index contributed by atoms with van der Waals surface area (Å²) in [6.07, 6.45) is 1.81. The Bertz CT molecular complexity index is 1470. The standard InChI is InChI=1S/C30H32FN5O4/c1-34(2)16-17-35(29(38)23-12-8-9-13-24(23)31)20-28(37)33-30-32-25(21-10-6-5-7-11-21)19-36(30)22-14-15-26(39-3)27(18-22)40-4/h5-15,18-19H,16-17,20H2,1-4H3,(H,32,33,37). The summed E-state index contributed by atoms with van der Waals surface area (Å²) in [5, 5.41) is 2.84. The van der Waals surface area contributed by atoms with E-state index < -0.39 is 17.6 Å². The fraction of sp³-hybridized carbons (Fsp3) is 0.233. The van der Waals surface area contributed by atoms with Crippen LogP contribution in [0.4, 0.5) is 10.3 Å². The van der Waals surface area contributed by atoms with E-state index in [-0.39, 0.29) is 24.6 Å². The SMILES string of the molecule is COc1ccc(-n2cc(-c3ccccc3)nc2NC(=O)CN(CCN(C)C)C(=O)c2ccccc2F)cc1OC. The number of ether oxygens (including phenoxy) is 2. The molecule has 3 aromatic carbocycles. The maximum absolute atomic E-state index is 14.4. The first-order chi connectivity index (χ1) is 19.3. The summed E-state index contributed by atoms with van der Waals surface area (Å²) in [6.45, 7) is 0.430. The summed E-state index contributed by atoms with van der Waals surface area (Å²) in [7, 11) is 6.81. The van der Waals surface area contributed by atoms with Crippen LogP contribution in [0.25, 0.3) is 16.9 Å². The highest BCUT2D eigenvalue weighted by Gasteiger charge is 2.23. The average Bonchev–Trinajstić information content (AvgIpc) is 3.38. The molecule has 0 saturated heterocycles. The van der Waals surface area contributed by atoms with Gasteiger partial charge in [-0.05, 0) is 38.4 Å². The minimum atomic E-state index is -0.640. The van der Waals surface area contributed by atoms with Crippen molar-refractivity contribution in [1.82, 2.24) is 19.4 Å². The Kier molecular flexibility index (Phi) is 9.13. The molecule has 0 atom stereocenters. The van der Waals surface area contributed by atoms with Crippen molar-refractivity contribution in [2.45, 2.75) is 0 Å². The number of nitrogens with one attached hydrogen (secondary N) is 1. The first-order valence-corrected chi connectivity index (χ1v) is 12.7. The Morgan fingerprint density at radius 2 is 1.62 bits per heavy atom. The molecule has 2 amide bonds. The van der Waals surface area contributed by atoms with E-state index in [0.29, 0.717) is 29.4 Å². The van der Waals surface area contributed by atoms with E-state index in [4.69, 9.17) is 9.47 Å². The first kappa shape index (κ1) is 28.3. The van der Waals surface area contributed by atoms with E-state index in [1.54, 1.807) is 43.2 Å². The number of likely N-dealkylation sites (N-methyl/N-ethyl adjacent to an activating group) is 1. The van der Waals surface area contributed by atoms with Crippen LogP contribution >= 0.6 is 0 Å². The largest absolute Gasteiger partial charge is 0.493 e. The lowest BCUT2D eigenvalue weighted by atomic mass is 10.2. The number of amides is 2. The zero-order valence-electron chi connectivity index (χ0n) is 22.9. The van der Waals surface area contributed by atoms with Gasteiger partial charge in [0.15, 0.2) is 11.5 Å². The zero-order valence-corrected chi connectivity index (χ0v) is 22.9. The maximum Gasteiger partial charge on any atom is 0.257 e. The molecule has 40 heavy (non-hydrogen) atoms. The highest BCUT2D eigenvalue weighted by Crippen LogP contribution is 2.31. The highest BCUT2D eigenvalue weighted by molar-refractivity contribution is 5.99. The monoisotopic (exact) mass is 545 g/mol. The molecule has 1 N–H and O–H groups in total. The molecule has 0 spiro atoms. The van der Waals surface area contributed by atoms with Crippen LogP contribution in [0.2, 0.25) is 0 Å². The van der Waals surface area contributed by atoms with Crippen LogP contribution in [0.5, 0.6) is 11.5 Å². The predicted octanol–water partition coefficient (Wildman–Crippen LogP) is 4.34. The summed E-state index contributed by atoms with van der Waals surface area (Å²) in [6, 6.07) is 20.6. The van der Waals surface area contributed by atoms with E-state index in [2.05, 4.69) is 10.3 Å². The Labute approximate surface area is 232 Å². The molecule has 9 nitrogen and oxygen atoms in total. The number of methoxy groups -OCH3 is 2. The van der Waals surface area contributed by atoms with Crippen molar-refractivity contribution in [3.63, 3.8) is 0 Å². The van der Waals surface area contributed by atoms with Gasteiger partial charge in [0.05, 0.1) is 31.2 Å². The van der Waals surface area contributed by atoms with Crippen LogP contribution < -0.4 is 14.8 Å². The summed E-state index contributed by atoms with van der Waals surface area (Å²) >= 11 is 0. The number of aromatic nitrogens is 2. The number of rotatable bonds is 11. The molecule has 0 saturated carbocycles. The maximum atomic E-state index is 14.4. The minimum Gasteiger partial charge on any atom is -0.493 e. The van der Waals surface area contributed by atoms with Crippen LogP contribution in [0.1, 0.15) is 10.4 Å². The van der Waals surface area contributed by atoms with Gasteiger partial charge in [0.1, 0.15) is 12.4 Å². The molecule has 0 unspecified atom stereocenters. The van der Waals surface area contributed by atoms with Crippen molar-refractivity contribution in [2.24, 2.45) is 0 Å². The van der Waals surface area contributed by atoms with Gasteiger partial charge >= 0.3 is 0 Å². The molecule has 0 radical (unpaired) electrons. The molecule has 0 aliphatic heterocycles. The second-order valence-electron chi connectivity index (χ2n) is 9.28. The molecule has 4 rings (SSSR count). The van der Waals surface area contributed by atoms with Crippen molar-refractivity contribution in [3.8, 4) is 28.4 Å². The van der Waals surface area contributed by atoms with Crippen LogP contribution in [0.15, 0.2) is 79.0 Å². The van der Waals surface area contributed by atoms with Gasteiger partial charge in [-0.1, -0.05) is 42.5 Å². The molecule has 208 valence electrons. The molecule has 0 bridgehead atoms. The molecule has 0 fully saturated rings. The second kappa shape index (κ2) is 12.9. The van der Waals surface area contributed by atoms with Crippen LogP contribution in [0.3, 0.4) is 0 Å². The van der Waals surface area contributed by atoms with Gasteiger partial charge in [-0.2, -0.15) is 0 Å². The van der Waals surface area contributed by atoms with Crippen molar-refractivity contribution < 1.29 is 23.5 Å². The molecule has 0 aliphatic carbocycles. The van der Waals surface area contributed by atoms with E-state index in [0.717, 1.165) is 5.56 Å². The lowest BCUT2D eigenvalue weighted by Crippen LogP contribution is -2.42. The van der Waals surface area contributed by atoms with Crippen molar-refractivity contribution in [1.29, 1.82) is 0 Å². The highest BCUT2D eigenvalue weighted by atomic mass is 19.1. The predicted molar refractivity (Wildman–Crippen MR) is 152 cm³/mol. The Hall–Kier alpha value is -4.70. The van der Waals surface area contributed by atoms with E-state index in [9.17, 15) is 14.0 Å². The number of nitrogens with zero attached hydrogens (tertiary/aromatic N) is 4. The smallest absolute Gasteiger partial charge is 0.257 e. The van der Waals surface area contributed by atoms with Crippen molar-refractivity contribution >= 4 is 17.8 Å². The number of anilines is 1. The lowest BCUT2D eigenvalue weighted by molar-refractivity contribution is -0.117. The number of halogens is 1. The lowest BCUT2D eigenvalue weighted by Gasteiger charge is -2.24. The van der Waals surface area contributed by atoms with Crippen LogP contribution in [-0.2, 0) is 4.79 Å². The summed E-state index contributed by atoms with van der Waals surface area (Å²) < 4.78 is 27.0. The van der Waals surface area contributed by atoms with Crippen molar-refractivity contribution in [2.75, 3.05) is 53.3 Å². The Morgan fingerprint density at radius 3 is 2.30 bits per heavy atom. The number of carbonyl (C=O) groups is 2. The van der Waals surface area contributed by atoms with E-state index in [1.165, 1.54) is 23.1 Å². The van der Waals surface area contributed by atoms with E-state index >= 15 is 0 Å². The molecular weight excluding hydrogens is 513 g/mol. The summed E-state index contributed by atoms with van der Waals surface area (Å²) in [5.41, 5.74) is 2.08. The van der Waals surface area contributed by atoms with Gasteiger partial charge < -0.3 is 19.3 Å². The Balaban J connectivity index is 1.65. The number of imidazole rings is 1. The summed E-state index contributed by atoms with van der Waals surface area (Å²) in [5.74, 6) is -0.360. The quantitative estimate of drug-likeness (QED) is 0.302. The van der Waals surface area contributed by atoms with Crippen LogP contribution in [0, 0.1) is 5.82 Å². The molecule has 1 heterocycles. The third kappa shape index (κ3) is 6.65. The molecule has 1 aromatic heterocycles. The molecule has 4 aromatic rings. The molecule has 0 aliphatic rings.